The van der Waals surface area contributed by atoms with Gasteiger partial charge in [0.1, 0.15) is 0 Å². The smallest absolute Gasteiger partial charge is 0.379 e. The lowest BCUT2D eigenvalue weighted by Crippen LogP contribution is -2.49. The second-order valence-electron chi connectivity index (χ2n) is 4.39. The van der Waals surface area contributed by atoms with E-state index >= 15 is 0 Å². The molecule has 0 unspecified atom stereocenters. The molecule has 0 aliphatic heterocycles. The standard InChI is InChI=1S/C12H26O4Si/c1-4-15-10-11-16-17(13-2,14-3)12-8-6-5-7-9-12/h12H,4-11H2,1-3H3. The Morgan fingerprint density at radius 3 is 2.18 bits per heavy atom. The van der Waals surface area contributed by atoms with Gasteiger partial charge in [0.05, 0.1) is 13.2 Å². The summed E-state index contributed by atoms with van der Waals surface area (Å²) in [6.45, 7) is 3.89. The molecule has 0 bridgehead atoms. The topological polar surface area (TPSA) is 36.9 Å². The second-order valence-corrected chi connectivity index (χ2v) is 7.52. The Kier molecular flexibility index (Phi) is 7.30. The Labute approximate surface area is 106 Å². The van der Waals surface area contributed by atoms with E-state index in [0.717, 1.165) is 6.61 Å². The summed E-state index contributed by atoms with van der Waals surface area (Å²) in [5, 5.41) is 0. The maximum absolute atomic E-state index is 5.94. The maximum Gasteiger partial charge on any atom is 0.503 e. The fourth-order valence-electron chi connectivity index (χ4n) is 2.50. The summed E-state index contributed by atoms with van der Waals surface area (Å²) in [5.41, 5.74) is 0.466. The van der Waals surface area contributed by atoms with E-state index in [1.807, 2.05) is 6.92 Å². The van der Waals surface area contributed by atoms with Crippen LogP contribution in [0.2, 0.25) is 5.54 Å². The van der Waals surface area contributed by atoms with Gasteiger partial charge in [0.15, 0.2) is 0 Å². The van der Waals surface area contributed by atoms with E-state index in [-0.39, 0.29) is 0 Å². The van der Waals surface area contributed by atoms with Gasteiger partial charge in [0.25, 0.3) is 0 Å². The summed E-state index contributed by atoms with van der Waals surface area (Å²) in [7, 11) is 0.954. The van der Waals surface area contributed by atoms with Crippen molar-refractivity contribution < 1.29 is 18.0 Å². The fourth-order valence-corrected chi connectivity index (χ4v) is 5.28. The number of rotatable bonds is 8. The number of hydrogen-bond donors (Lipinski definition) is 0. The van der Waals surface area contributed by atoms with E-state index in [1.54, 1.807) is 14.2 Å². The molecule has 1 aliphatic carbocycles. The van der Waals surface area contributed by atoms with Crippen LogP contribution in [0, 0.1) is 0 Å². The third kappa shape index (κ3) is 4.33. The Hall–Kier alpha value is 0.0569. The summed E-state index contributed by atoms with van der Waals surface area (Å²) in [6, 6.07) is 0. The van der Waals surface area contributed by atoms with Crippen LogP contribution in [0.4, 0.5) is 0 Å². The van der Waals surface area contributed by atoms with E-state index in [1.165, 1.54) is 32.1 Å². The predicted octanol–water partition coefficient (Wildman–Crippen LogP) is 2.61. The number of hydrogen-bond acceptors (Lipinski definition) is 4. The van der Waals surface area contributed by atoms with E-state index in [2.05, 4.69) is 0 Å². The highest BCUT2D eigenvalue weighted by Crippen LogP contribution is 2.38. The van der Waals surface area contributed by atoms with Crippen molar-refractivity contribution in [3.8, 4) is 0 Å². The van der Waals surface area contributed by atoms with Gasteiger partial charge in [-0.25, -0.2) is 0 Å². The van der Waals surface area contributed by atoms with Crippen LogP contribution in [-0.4, -0.2) is 42.8 Å². The second kappa shape index (κ2) is 8.21. The first-order valence-electron chi connectivity index (χ1n) is 6.61. The summed E-state index contributed by atoms with van der Waals surface area (Å²) in [5.74, 6) is 0. The van der Waals surface area contributed by atoms with Gasteiger partial charge in [-0.3, -0.25) is 0 Å². The molecule has 0 N–H and O–H groups in total. The van der Waals surface area contributed by atoms with Crippen molar-refractivity contribution in [3.63, 3.8) is 0 Å². The zero-order chi connectivity index (χ0) is 12.6. The molecule has 0 aromatic rings. The first-order chi connectivity index (χ1) is 8.29. The summed E-state index contributed by atoms with van der Waals surface area (Å²) in [6.07, 6.45) is 6.19. The number of ether oxygens (including phenoxy) is 1. The van der Waals surface area contributed by atoms with Crippen molar-refractivity contribution in [2.45, 2.75) is 44.6 Å². The van der Waals surface area contributed by atoms with Gasteiger partial charge in [0, 0.05) is 26.4 Å². The lowest BCUT2D eigenvalue weighted by atomic mass is 10.0. The fraction of sp³-hybridized carbons (Fsp3) is 1.00. The van der Waals surface area contributed by atoms with Gasteiger partial charge in [-0.15, -0.1) is 0 Å². The lowest BCUT2D eigenvalue weighted by molar-refractivity contribution is 0.0443. The molecule has 102 valence electrons. The molecule has 0 saturated heterocycles. The first-order valence-corrected chi connectivity index (χ1v) is 8.41. The molecular weight excluding hydrogens is 236 g/mol. The van der Waals surface area contributed by atoms with E-state index in [9.17, 15) is 0 Å². The highest BCUT2D eigenvalue weighted by molar-refractivity contribution is 6.62. The van der Waals surface area contributed by atoms with Gasteiger partial charge < -0.3 is 18.0 Å². The Bertz CT molecular complexity index is 191. The predicted molar refractivity (Wildman–Crippen MR) is 69.1 cm³/mol. The molecule has 4 nitrogen and oxygen atoms in total. The first kappa shape index (κ1) is 15.1. The third-order valence-electron chi connectivity index (χ3n) is 3.41. The molecule has 0 radical (unpaired) electrons. The van der Waals surface area contributed by atoms with Gasteiger partial charge in [-0.1, -0.05) is 19.3 Å². The Morgan fingerprint density at radius 1 is 1.00 bits per heavy atom. The molecular formula is C12H26O4Si. The van der Waals surface area contributed by atoms with Crippen LogP contribution < -0.4 is 0 Å². The molecule has 0 aromatic carbocycles. The Morgan fingerprint density at radius 2 is 1.65 bits per heavy atom. The monoisotopic (exact) mass is 262 g/mol. The van der Waals surface area contributed by atoms with Crippen molar-refractivity contribution in [1.82, 2.24) is 0 Å². The van der Waals surface area contributed by atoms with Crippen molar-refractivity contribution in [2.75, 3.05) is 34.0 Å². The van der Waals surface area contributed by atoms with Gasteiger partial charge in [0.2, 0.25) is 0 Å². The lowest BCUT2D eigenvalue weighted by Gasteiger charge is -2.35. The molecule has 0 aromatic heterocycles. The molecule has 1 saturated carbocycles. The highest BCUT2D eigenvalue weighted by Gasteiger charge is 2.48. The van der Waals surface area contributed by atoms with Crippen LogP contribution in [0.3, 0.4) is 0 Å². The average Bonchev–Trinajstić information content (AvgIpc) is 2.41. The normalized spacial score (nSPS) is 18.5. The van der Waals surface area contributed by atoms with E-state index in [0.29, 0.717) is 18.8 Å². The largest absolute Gasteiger partial charge is 0.503 e. The van der Waals surface area contributed by atoms with Crippen LogP contribution in [0.25, 0.3) is 0 Å². The van der Waals surface area contributed by atoms with Crippen molar-refractivity contribution in [1.29, 1.82) is 0 Å². The van der Waals surface area contributed by atoms with E-state index in [4.69, 9.17) is 18.0 Å². The van der Waals surface area contributed by atoms with E-state index < -0.39 is 8.80 Å². The molecule has 1 fully saturated rings. The summed E-state index contributed by atoms with van der Waals surface area (Å²) in [4.78, 5) is 0. The van der Waals surface area contributed by atoms with Gasteiger partial charge in [-0.2, -0.15) is 0 Å². The summed E-state index contributed by atoms with van der Waals surface area (Å²) < 4.78 is 22.5. The van der Waals surface area contributed by atoms with Gasteiger partial charge >= 0.3 is 8.80 Å². The minimum atomic E-state index is -2.47. The molecule has 0 atom stereocenters. The molecule has 0 spiro atoms. The third-order valence-corrected chi connectivity index (χ3v) is 6.73. The van der Waals surface area contributed by atoms with Crippen LogP contribution in [0.1, 0.15) is 39.0 Å². The highest BCUT2D eigenvalue weighted by atomic mass is 28.4. The molecule has 0 heterocycles. The Balaban J connectivity index is 2.47. The van der Waals surface area contributed by atoms with Crippen LogP contribution in [0.15, 0.2) is 0 Å². The van der Waals surface area contributed by atoms with Crippen LogP contribution in [0.5, 0.6) is 0 Å². The van der Waals surface area contributed by atoms with Crippen LogP contribution >= 0.6 is 0 Å². The SMILES string of the molecule is CCOCCO[Si](OC)(OC)C1CCCCC1. The average molecular weight is 262 g/mol. The summed E-state index contributed by atoms with van der Waals surface area (Å²) >= 11 is 0. The van der Waals surface area contributed by atoms with Gasteiger partial charge in [-0.05, 0) is 19.8 Å². The molecule has 1 rings (SSSR count). The van der Waals surface area contributed by atoms with Crippen LogP contribution in [-0.2, 0) is 18.0 Å². The molecule has 5 heteroatoms. The molecule has 1 aliphatic rings. The quantitative estimate of drug-likeness (QED) is 0.498. The van der Waals surface area contributed by atoms with Crippen molar-refractivity contribution >= 4 is 8.80 Å². The van der Waals surface area contributed by atoms with Crippen molar-refractivity contribution in [2.24, 2.45) is 0 Å². The zero-order valence-corrected chi connectivity index (χ0v) is 12.4. The molecule has 0 amide bonds. The molecule has 17 heavy (non-hydrogen) atoms. The minimum absolute atomic E-state index is 0.466. The zero-order valence-electron chi connectivity index (χ0n) is 11.4. The maximum atomic E-state index is 5.94. The van der Waals surface area contributed by atoms with Crippen molar-refractivity contribution in [3.05, 3.63) is 0 Å². The minimum Gasteiger partial charge on any atom is -0.379 e.